The lowest BCUT2D eigenvalue weighted by Crippen LogP contribution is -2.48. The SMILES string of the molecule is CC(=NC1CC2(CCN(C=O)CC2)C1)/C(=N\N)c1cc(O[C@H](C)c2ccc(F)cn2)n2c(C#N)cnc2c1.CC(C)(C)O. The zero-order valence-corrected chi connectivity index (χ0v) is 25.3. The fourth-order valence-electron chi connectivity index (χ4n) is 5.50. The molecule has 2 fully saturated rings. The number of imidazole rings is 1. The smallest absolute Gasteiger partial charge is 0.209 e. The summed E-state index contributed by atoms with van der Waals surface area (Å²) < 4.78 is 21.2. The first-order valence-corrected chi connectivity index (χ1v) is 14.3. The van der Waals surface area contributed by atoms with Gasteiger partial charge in [0.1, 0.15) is 35.0 Å². The number of aromatic nitrogens is 3. The number of carbonyl (C=O) groups is 1. The van der Waals surface area contributed by atoms with Crippen LogP contribution in [0.25, 0.3) is 5.65 Å². The normalized spacial score (nSPS) is 18.0. The Kier molecular flexibility index (Phi) is 9.45. The van der Waals surface area contributed by atoms with Crippen molar-refractivity contribution in [2.45, 2.75) is 78.0 Å². The minimum Gasteiger partial charge on any atom is -0.469 e. The van der Waals surface area contributed by atoms with Crippen LogP contribution in [0.15, 0.2) is 46.8 Å². The van der Waals surface area contributed by atoms with Crippen molar-refractivity contribution in [3.05, 3.63) is 59.4 Å². The Labute approximate surface area is 250 Å². The monoisotopic (exact) mass is 590 g/mol. The molecule has 3 aromatic rings. The molecule has 43 heavy (non-hydrogen) atoms. The third kappa shape index (κ3) is 7.73. The molecule has 1 saturated heterocycles. The number of ether oxygens (including phenoxy) is 1. The highest BCUT2D eigenvalue weighted by atomic mass is 19.1. The van der Waals surface area contributed by atoms with Gasteiger partial charge in [-0.15, -0.1) is 0 Å². The van der Waals surface area contributed by atoms with Gasteiger partial charge in [-0.2, -0.15) is 10.4 Å². The molecule has 228 valence electrons. The van der Waals surface area contributed by atoms with Crippen LogP contribution in [0.4, 0.5) is 4.39 Å². The largest absolute Gasteiger partial charge is 0.469 e. The van der Waals surface area contributed by atoms with Crippen LogP contribution < -0.4 is 10.6 Å². The molecule has 0 unspecified atom stereocenters. The predicted molar refractivity (Wildman–Crippen MR) is 161 cm³/mol. The number of nitrogens with two attached hydrogens (primary N) is 1. The molecule has 1 aliphatic heterocycles. The van der Waals surface area contributed by atoms with Gasteiger partial charge in [-0.25, -0.2) is 9.37 Å². The summed E-state index contributed by atoms with van der Waals surface area (Å²) in [7, 11) is 0. The van der Waals surface area contributed by atoms with E-state index in [0.29, 0.717) is 39.9 Å². The number of pyridine rings is 2. The Morgan fingerprint density at radius 3 is 2.49 bits per heavy atom. The van der Waals surface area contributed by atoms with E-state index in [1.165, 1.54) is 12.3 Å². The Morgan fingerprint density at radius 1 is 1.26 bits per heavy atom. The van der Waals surface area contributed by atoms with Crippen LogP contribution in [0.3, 0.4) is 0 Å². The quantitative estimate of drug-likeness (QED) is 0.181. The number of hydrogen-bond acceptors (Lipinski definition) is 9. The lowest BCUT2D eigenvalue weighted by Gasteiger charge is -2.50. The maximum atomic E-state index is 13.4. The van der Waals surface area contributed by atoms with Gasteiger partial charge in [-0.3, -0.25) is 19.2 Å². The number of nitriles is 1. The lowest BCUT2D eigenvalue weighted by atomic mass is 9.60. The van der Waals surface area contributed by atoms with E-state index in [1.54, 1.807) is 50.3 Å². The number of hydrogen-bond donors (Lipinski definition) is 2. The fraction of sp³-hybridized carbons (Fsp3) is 0.484. The first kappa shape index (κ1) is 31.6. The topological polar surface area (TPSA) is 154 Å². The average molecular weight is 591 g/mol. The number of aliphatic imine (C=N–C) groups is 1. The van der Waals surface area contributed by atoms with Gasteiger partial charge in [0.2, 0.25) is 12.3 Å². The second kappa shape index (κ2) is 12.9. The molecule has 0 bridgehead atoms. The highest BCUT2D eigenvalue weighted by Gasteiger charge is 2.45. The van der Waals surface area contributed by atoms with E-state index in [4.69, 9.17) is 20.7 Å². The number of aliphatic hydroxyl groups is 1. The van der Waals surface area contributed by atoms with Crippen LogP contribution in [0.2, 0.25) is 0 Å². The molecule has 1 aliphatic carbocycles. The molecule has 12 heteroatoms. The number of rotatable bonds is 7. The zero-order valence-electron chi connectivity index (χ0n) is 25.3. The minimum absolute atomic E-state index is 0.176. The highest BCUT2D eigenvalue weighted by molar-refractivity contribution is 6.47. The zero-order chi connectivity index (χ0) is 31.4. The van der Waals surface area contributed by atoms with Crippen molar-refractivity contribution in [1.29, 1.82) is 5.26 Å². The summed E-state index contributed by atoms with van der Waals surface area (Å²) in [6, 6.07) is 8.71. The van der Waals surface area contributed by atoms with E-state index in [1.807, 2.05) is 11.8 Å². The summed E-state index contributed by atoms with van der Waals surface area (Å²) in [6.45, 7) is 10.5. The summed E-state index contributed by atoms with van der Waals surface area (Å²) in [4.78, 5) is 26.3. The average Bonchev–Trinajstić information content (AvgIpc) is 3.36. The summed E-state index contributed by atoms with van der Waals surface area (Å²) in [5, 5.41) is 22.2. The fourth-order valence-corrected chi connectivity index (χ4v) is 5.50. The van der Waals surface area contributed by atoms with Crippen molar-refractivity contribution in [2.75, 3.05) is 13.1 Å². The molecule has 1 saturated carbocycles. The van der Waals surface area contributed by atoms with E-state index < -0.39 is 17.5 Å². The van der Waals surface area contributed by atoms with E-state index in [-0.39, 0.29) is 11.5 Å². The van der Waals surface area contributed by atoms with Crippen LogP contribution in [0, 0.1) is 22.6 Å². The molecule has 1 spiro atoms. The molecular weight excluding hydrogens is 551 g/mol. The summed E-state index contributed by atoms with van der Waals surface area (Å²) >= 11 is 0. The number of carbonyl (C=O) groups excluding carboxylic acids is 1. The number of nitrogens with zero attached hydrogens (tertiary/aromatic N) is 7. The molecule has 0 radical (unpaired) electrons. The van der Waals surface area contributed by atoms with Gasteiger partial charge in [0.15, 0.2) is 0 Å². The molecule has 2 aliphatic rings. The van der Waals surface area contributed by atoms with E-state index in [0.717, 1.165) is 51.4 Å². The molecule has 1 atom stereocenters. The number of likely N-dealkylation sites (tertiary alicyclic amines) is 1. The van der Waals surface area contributed by atoms with Gasteiger partial charge in [-0.05, 0) is 83.9 Å². The Balaban J connectivity index is 0.000000782. The molecule has 1 amide bonds. The molecule has 5 rings (SSSR count). The summed E-state index contributed by atoms with van der Waals surface area (Å²) in [6.07, 6.45) is 6.98. The number of amides is 1. The van der Waals surface area contributed by atoms with Gasteiger partial charge >= 0.3 is 0 Å². The third-order valence-corrected chi connectivity index (χ3v) is 7.62. The number of piperidine rings is 1. The molecule has 11 nitrogen and oxygen atoms in total. The van der Waals surface area contributed by atoms with Crippen molar-refractivity contribution < 1.29 is 19.0 Å². The molecule has 3 aromatic heterocycles. The van der Waals surface area contributed by atoms with Crippen molar-refractivity contribution >= 4 is 23.5 Å². The van der Waals surface area contributed by atoms with Gasteiger partial charge < -0.3 is 20.6 Å². The number of hydrazone groups is 1. The van der Waals surface area contributed by atoms with Gasteiger partial charge in [-0.1, -0.05) is 0 Å². The molecule has 4 heterocycles. The Morgan fingerprint density at radius 2 is 1.93 bits per heavy atom. The Bertz CT molecular complexity index is 1530. The van der Waals surface area contributed by atoms with E-state index >= 15 is 0 Å². The van der Waals surface area contributed by atoms with Crippen molar-refractivity contribution in [3.63, 3.8) is 0 Å². The first-order chi connectivity index (χ1) is 20.3. The predicted octanol–water partition coefficient (Wildman–Crippen LogP) is 4.18. The van der Waals surface area contributed by atoms with Crippen LogP contribution >= 0.6 is 0 Å². The third-order valence-electron chi connectivity index (χ3n) is 7.62. The second-order valence-electron chi connectivity index (χ2n) is 12.3. The summed E-state index contributed by atoms with van der Waals surface area (Å²) in [5.41, 5.74) is 2.95. The van der Waals surface area contributed by atoms with Gasteiger partial charge in [0.05, 0.1) is 35.4 Å². The maximum Gasteiger partial charge on any atom is 0.209 e. The van der Waals surface area contributed by atoms with E-state index in [2.05, 4.69) is 21.1 Å². The number of halogens is 1. The van der Waals surface area contributed by atoms with Gasteiger partial charge in [0.25, 0.3) is 0 Å². The molecular formula is C31H39FN8O3. The van der Waals surface area contributed by atoms with Crippen LogP contribution in [-0.2, 0) is 4.79 Å². The number of fused-ring (bicyclic) bond motifs is 1. The first-order valence-electron chi connectivity index (χ1n) is 14.3. The Hall–Kier alpha value is -4.37. The maximum absolute atomic E-state index is 13.4. The minimum atomic E-state index is -0.534. The van der Waals surface area contributed by atoms with Crippen molar-refractivity contribution in [1.82, 2.24) is 19.3 Å². The van der Waals surface area contributed by atoms with Gasteiger partial charge in [0, 0.05) is 24.7 Å². The second-order valence-corrected chi connectivity index (χ2v) is 12.3. The summed E-state index contributed by atoms with van der Waals surface area (Å²) in [5.74, 6) is 5.76. The van der Waals surface area contributed by atoms with Crippen LogP contribution in [-0.4, -0.2) is 66.9 Å². The standard InChI is InChI=1S/C27H29FN8O2.C4H10O/c1-17(33-21-11-27(12-21)5-7-35(16-37)8-6-27)26(34-30)19-9-24-32-15-22(13-29)36(24)25(10-19)38-18(2)23-4-3-20(28)14-31-23;1-4(2,3)5/h3-4,9-10,14-16,18,21H,5-8,11-12,30H2,1-2H3;5H,1-3H3/b33-17?,34-26+;/t18-;/m1./s1. The van der Waals surface area contributed by atoms with E-state index in [9.17, 15) is 14.4 Å². The highest BCUT2D eigenvalue weighted by Crippen LogP contribution is 2.50. The molecule has 3 N–H and O–H groups in total. The van der Waals surface area contributed by atoms with Crippen molar-refractivity contribution in [3.8, 4) is 11.9 Å². The van der Waals surface area contributed by atoms with Crippen LogP contribution in [0.5, 0.6) is 5.88 Å². The lowest BCUT2D eigenvalue weighted by molar-refractivity contribution is -0.121. The van der Waals surface area contributed by atoms with Crippen molar-refractivity contribution in [2.24, 2.45) is 21.4 Å². The molecule has 0 aromatic carbocycles. The van der Waals surface area contributed by atoms with Crippen LogP contribution in [0.1, 0.15) is 83.4 Å².